The average molecular weight is 753 g/mol. The third-order valence-electron chi connectivity index (χ3n) is 11.9. The first-order valence-corrected chi connectivity index (χ1v) is 20.2. The third kappa shape index (κ3) is 5.44. The Balaban J connectivity index is 1.01. The molecule has 0 aliphatic carbocycles. The van der Waals surface area contributed by atoms with Gasteiger partial charge in [0.2, 0.25) is 0 Å². The van der Waals surface area contributed by atoms with Crippen molar-refractivity contribution in [1.29, 1.82) is 0 Å². The quantitative estimate of drug-likeness (QED) is 0.169. The van der Waals surface area contributed by atoms with Crippen LogP contribution in [-0.4, -0.2) is 4.57 Å². The summed E-state index contributed by atoms with van der Waals surface area (Å²) in [6, 6.07) is 78.6. The predicted octanol–water partition coefficient (Wildman–Crippen LogP) is 15.8. The van der Waals surface area contributed by atoms with E-state index in [4.69, 9.17) is 4.42 Å². The lowest BCUT2D eigenvalue weighted by Crippen LogP contribution is -2.10. The normalized spacial score (nSPS) is 11.7. The Morgan fingerprint density at radius 3 is 1.68 bits per heavy atom. The van der Waals surface area contributed by atoms with E-state index < -0.39 is 0 Å². The van der Waals surface area contributed by atoms with Gasteiger partial charge in [-0.3, -0.25) is 0 Å². The van der Waals surface area contributed by atoms with Crippen LogP contribution < -0.4 is 4.90 Å². The van der Waals surface area contributed by atoms with Crippen molar-refractivity contribution in [1.82, 2.24) is 4.57 Å². The molecule has 0 aliphatic heterocycles. The Morgan fingerprint density at radius 2 is 0.915 bits per heavy atom. The number of fused-ring (bicyclic) bond motifs is 9. The molecule has 0 saturated carbocycles. The van der Waals surface area contributed by atoms with Crippen molar-refractivity contribution in [3.8, 4) is 27.9 Å². The average Bonchev–Trinajstić information content (AvgIpc) is 3.86. The van der Waals surface area contributed by atoms with Crippen molar-refractivity contribution in [2.45, 2.75) is 0 Å². The second kappa shape index (κ2) is 13.4. The number of rotatable bonds is 6. The second-order valence-corrected chi connectivity index (χ2v) is 15.3. The van der Waals surface area contributed by atoms with Gasteiger partial charge in [-0.15, -0.1) is 0 Å². The Bertz CT molecular complexity index is 3540. The molecule has 0 spiro atoms. The smallest absolute Gasteiger partial charge is 0.160 e. The summed E-state index contributed by atoms with van der Waals surface area (Å²) < 4.78 is 9.17. The van der Waals surface area contributed by atoms with Gasteiger partial charge in [-0.2, -0.15) is 0 Å². The minimum atomic E-state index is 0.868. The van der Waals surface area contributed by atoms with Gasteiger partial charge >= 0.3 is 0 Å². The first kappa shape index (κ1) is 33.3. The van der Waals surface area contributed by atoms with E-state index in [1.54, 1.807) is 0 Å². The van der Waals surface area contributed by atoms with Crippen molar-refractivity contribution < 1.29 is 4.42 Å². The summed E-state index contributed by atoms with van der Waals surface area (Å²) in [5, 5.41) is 9.56. The van der Waals surface area contributed by atoms with Crippen LogP contribution in [0.2, 0.25) is 0 Å². The van der Waals surface area contributed by atoms with Crippen LogP contribution in [0.1, 0.15) is 0 Å². The molecule has 0 amide bonds. The Morgan fingerprint density at radius 1 is 0.356 bits per heavy atom. The second-order valence-electron chi connectivity index (χ2n) is 15.3. The molecule has 0 N–H and O–H groups in total. The van der Waals surface area contributed by atoms with Gasteiger partial charge < -0.3 is 13.9 Å². The molecule has 10 aromatic carbocycles. The number of para-hydroxylation sites is 3. The SMILES string of the molecule is c1ccc(-n2c3ccccc3c3cc(-c4ccc(N(c5ccc(-c6ccc7ccccc7c6)cc5)c5cc6ccccc6c6c5oc5ccccc56)cc4)ccc32)cc1. The van der Waals surface area contributed by atoms with Gasteiger partial charge in [0.25, 0.3) is 0 Å². The molecular weight excluding hydrogens is 717 g/mol. The van der Waals surface area contributed by atoms with Crippen molar-refractivity contribution in [3.63, 3.8) is 0 Å². The van der Waals surface area contributed by atoms with E-state index in [1.807, 2.05) is 6.07 Å². The summed E-state index contributed by atoms with van der Waals surface area (Å²) in [5.74, 6) is 0. The lowest BCUT2D eigenvalue weighted by Gasteiger charge is -2.26. The van der Waals surface area contributed by atoms with Gasteiger partial charge in [0.1, 0.15) is 5.58 Å². The first-order chi connectivity index (χ1) is 29.2. The summed E-state index contributed by atoms with van der Waals surface area (Å²) in [7, 11) is 0. The summed E-state index contributed by atoms with van der Waals surface area (Å²) in [6.07, 6.45) is 0. The largest absolute Gasteiger partial charge is 0.454 e. The van der Waals surface area contributed by atoms with Gasteiger partial charge in [0.05, 0.1) is 16.7 Å². The van der Waals surface area contributed by atoms with Crippen LogP contribution in [0.3, 0.4) is 0 Å². The fourth-order valence-corrected chi connectivity index (χ4v) is 9.13. The number of nitrogens with zero attached hydrogens (tertiary/aromatic N) is 2. The van der Waals surface area contributed by atoms with Crippen molar-refractivity contribution in [2.24, 2.45) is 0 Å². The fraction of sp³-hybridized carbons (Fsp3) is 0. The third-order valence-corrected chi connectivity index (χ3v) is 11.9. The molecule has 0 fully saturated rings. The molecule has 276 valence electrons. The number of hydrogen-bond donors (Lipinski definition) is 0. The first-order valence-electron chi connectivity index (χ1n) is 20.2. The highest BCUT2D eigenvalue weighted by atomic mass is 16.3. The van der Waals surface area contributed by atoms with Crippen LogP contribution >= 0.6 is 0 Å². The molecule has 59 heavy (non-hydrogen) atoms. The Hall–Kier alpha value is -7.88. The minimum Gasteiger partial charge on any atom is -0.454 e. The van der Waals surface area contributed by atoms with Crippen LogP contribution in [0.4, 0.5) is 17.1 Å². The molecule has 0 atom stereocenters. The van der Waals surface area contributed by atoms with Crippen molar-refractivity contribution in [3.05, 3.63) is 218 Å². The summed E-state index contributed by atoms with van der Waals surface area (Å²) in [6.45, 7) is 0. The van der Waals surface area contributed by atoms with E-state index in [0.29, 0.717) is 0 Å². The highest BCUT2D eigenvalue weighted by Gasteiger charge is 2.22. The molecule has 0 unspecified atom stereocenters. The topological polar surface area (TPSA) is 21.3 Å². The molecule has 0 aliphatic rings. The molecule has 0 bridgehead atoms. The monoisotopic (exact) mass is 752 g/mol. The van der Waals surface area contributed by atoms with Crippen LogP contribution in [0.25, 0.3) is 93.2 Å². The van der Waals surface area contributed by atoms with E-state index >= 15 is 0 Å². The van der Waals surface area contributed by atoms with E-state index in [-0.39, 0.29) is 0 Å². The molecule has 2 heterocycles. The summed E-state index contributed by atoms with van der Waals surface area (Å²) in [5.41, 5.74) is 13.1. The number of benzene rings is 10. The highest BCUT2D eigenvalue weighted by molar-refractivity contribution is 6.23. The van der Waals surface area contributed by atoms with E-state index in [2.05, 4.69) is 222 Å². The van der Waals surface area contributed by atoms with Crippen LogP contribution in [0, 0.1) is 0 Å². The standard InChI is InChI=1S/C56H36N2O/c1-2-15-44(16-3-1)58-51-20-10-8-18-48(51)50-35-42(28-33-52(50)58)39-26-31-46(32-27-39)57(45-29-24-38(25-30-45)41-23-22-37-12-4-5-13-40(37)34-41)53-36-43-14-6-7-17-47(43)55-49-19-9-11-21-54(49)59-56(53)55/h1-36H. The molecule has 0 radical (unpaired) electrons. The van der Waals surface area contributed by atoms with E-state index in [9.17, 15) is 0 Å². The maximum Gasteiger partial charge on any atom is 0.160 e. The molecule has 3 nitrogen and oxygen atoms in total. The summed E-state index contributed by atoms with van der Waals surface area (Å²) in [4.78, 5) is 2.35. The van der Waals surface area contributed by atoms with Gasteiger partial charge in [0.15, 0.2) is 5.58 Å². The van der Waals surface area contributed by atoms with Crippen LogP contribution in [-0.2, 0) is 0 Å². The summed E-state index contributed by atoms with van der Waals surface area (Å²) >= 11 is 0. The molecule has 0 saturated heterocycles. The van der Waals surface area contributed by atoms with Crippen LogP contribution in [0.15, 0.2) is 223 Å². The zero-order valence-corrected chi connectivity index (χ0v) is 32.1. The van der Waals surface area contributed by atoms with Crippen molar-refractivity contribution >= 4 is 82.4 Å². The molecule has 12 rings (SSSR count). The van der Waals surface area contributed by atoms with E-state index in [0.717, 1.165) is 50.3 Å². The van der Waals surface area contributed by atoms with Gasteiger partial charge in [0, 0.05) is 38.6 Å². The maximum atomic E-state index is 6.81. The Kier molecular flexibility index (Phi) is 7.54. The minimum absolute atomic E-state index is 0.868. The highest BCUT2D eigenvalue weighted by Crippen LogP contribution is 2.46. The predicted molar refractivity (Wildman–Crippen MR) is 249 cm³/mol. The lowest BCUT2D eigenvalue weighted by atomic mass is 9.99. The van der Waals surface area contributed by atoms with Crippen molar-refractivity contribution in [2.75, 3.05) is 4.90 Å². The number of hydrogen-bond acceptors (Lipinski definition) is 2. The molecular formula is C56H36N2O. The van der Waals surface area contributed by atoms with E-state index in [1.165, 1.54) is 60.0 Å². The lowest BCUT2D eigenvalue weighted by molar-refractivity contribution is 0.669. The van der Waals surface area contributed by atoms with Gasteiger partial charge in [-0.05, 0) is 117 Å². The number of furan rings is 1. The maximum absolute atomic E-state index is 6.81. The molecule has 2 aromatic heterocycles. The van der Waals surface area contributed by atoms with Gasteiger partial charge in [-0.25, -0.2) is 0 Å². The fourth-order valence-electron chi connectivity index (χ4n) is 9.13. The molecule has 3 heteroatoms. The zero-order valence-electron chi connectivity index (χ0n) is 32.1. The van der Waals surface area contributed by atoms with Crippen LogP contribution in [0.5, 0.6) is 0 Å². The Labute approximate surface area is 341 Å². The molecule has 12 aromatic rings. The number of aromatic nitrogens is 1. The van der Waals surface area contributed by atoms with Gasteiger partial charge in [-0.1, -0.05) is 146 Å². The number of anilines is 3. The zero-order chi connectivity index (χ0) is 38.9.